The number of rotatable bonds is 2. The highest BCUT2D eigenvalue weighted by molar-refractivity contribution is 5.49. The molecule has 0 saturated carbocycles. The van der Waals surface area contributed by atoms with Crippen molar-refractivity contribution in [2.24, 2.45) is 5.92 Å². The molecule has 1 aliphatic rings. The van der Waals surface area contributed by atoms with Crippen LogP contribution >= 0.6 is 0 Å². The van der Waals surface area contributed by atoms with Crippen molar-refractivity contribution >= 4 is 6.08 Å². The molecule has 1 aromatic rings. The lowest BCUT2D eigenvalue weighted by molar-refractivity contribution is 0.438. The van der Waals surface area contributed by atoms with Gasteiger partial charge in [0.05, 0.1) is 0 Å². The summed E-state index contributed by atoms with van der Waals surface area (Å²) in [4.78, 5) is 0. The molecule has 1 aromatic carbocycles. The van der Waals surface area contributed by atoms with Gasteiger partial charge in [-0.15, -0.1) is 0 Å². The lowest BCUT2D eigenvalue weighted by Gasteiger charge is -2.19. The second kappa shape index (κ2) is 5.13. The molecular weight excluding hydrogens is 182 g/mol. The van der Waals surface area contributed by atoms with Gasteiger partial charge in [-0.2, -0.15) is 0 Å². The van der Waals surface area contributed by atoms with Gasteiger partial charge in [0.25, 0.3) is 0 Å². The van der Waals surface area contributed by atoms with Gasteiger partial charge in [-0.1, -0.05) is 42.0 Å². The molecule has 1 heteroatoms. The normalized spacial score (nSPS) is 18.5. The first-order chi connectivity index (χ1) is 7.34. The van der Waals surface area contributed by atoms with Crippen LogP contribution in [0.25, 0.3) is 6.08 Å². The lowest BCUT2D eigenvalue weighted by Crippen LogP contribution is -2.26. The van der Waals surface area contributed by atoms with Crippen LogP contribution in [0.5, 0.6) is 0 Å². The molecule has 0 amide bonds. The minimum atomic E-state index is 0.771. The number of allylic oxidation sites excluding steroid dienone is 1. The highest BCUT2D eigenvalue weighted by Crippen LogP contribution is 2.15. The van der Waals surface area contributed by atoms with Crippen LogP contribution in [0.15, 0.2) is 30.3 Å². The molecule has 0 radical (unpaired) electrons. The van der Waals surface area contributed by atoms with E-state index in [1.807, 2.05) is 0 Å². The molecule has 1 N–H and O–H groups in total. The number of aryl methyl sites for hydroxylation is 1. The van der Waals surface area contributed by atoms with E-state index in [-0.39, 0.29) is 0 Å². The molecule has 0 atom stereocenters. The maximum absolute atomic E-state index is 3.39. The summed E-state index contributed by atoms with van der Waals surface area (Å²) in [5.41, 5.74) is 2.65. The molecular formula is C14H19N. The van der Waals surface area contributed by atoms with Crippen LogP contribution in [0, 0.1) is 12.8 Å². The van der Waals surface area contributed by atoms with Crippen LogP contribution in [-0.2, 0) is 0 Å². The second-order valence-electron chi connectivity index (χ2n) is 4.36. The topological polar surface area (TPSA) is 12.0 Å². The van der Waals surface area contributed by atoms with E-state index in [9.17, 15) is 0 Å². The van der Waals surface area contributed by atoms with Gasteiger partial charge in [-0.25, -0.2) is 0 Å². The summed E-state index contributed by atoms with van der Waals surface area (Å²) >= 11 is 0. The minimum absolute atomic E-state index is 0.771. The molecule has 0 aliphatic carbocycles. The average molecular weight is 201 g/mol. The first-order valence-electron chi connectivity index (χ1n) is 5.80. The van der Waals surface area contributed by atoms with Crippen molar-refractivity contribution in [2.45, 2.75) is 19.8 Å². The highest BCUT2D eigenvalue weighted by atomic mass is 14.9. The largest absolute Gasteiger partial charge is 0.317 e. The third-order valence-electron chi connectivity index (χ3n) is 3.02. The minimum Gasteiger partial charge on any atom is -0.317 e. The van der Waals surface area contributed by atoms with Crippen molar-refractivity contribution in [3.63, 3.8) is 0 Å². The van der Waals surface area contributed by atoms with E-state index < -0.39 is 0 Å². The number of hydrogen-bond acceptors (Lipinski definition) is 1. The molecule has 0 unspecified atom stereocenters. The molecule has 1 fully saturated rings. The third-order valence-corrected chi connectivity index (χ3v) is 3.02. The Hall–Kier alpha value is -1.08. The van der Waals surface area contributed by atoms with Crippen molar-refractivity contribution in [1.29, 1.82) is 0 Å². The smallest absolute Gasteiger partial charge is 0.00433 e. The third kappa shape index (κ3) is 3.21. The molecule has 1 saturated heterocycles. The second-order valence-corrected chi connectivity index (χ2v) is 4.36. The van der Waals surface area contributed by atoms with Gasteiger partial charge < -0.3 is 5.32 Å². The Morgan fingerprint density at radius 1 is 1.13 bits per heavy atom. The summed E-state index contributed by atoms with van der Waals surface area (Å²) in [5.74, 6) is 0.771. The van der Waals surface area contributed by atoms with Crippen LogP contribution in [0.1, 0.15) is 24.0 Å². The zero-order valence-electron chi connectivity index (χ0n) is 9.37. The highest BCUT2D eigenvalue weighted by Gasteiger charge is 2.08. The first-order valence-corrected chi connectivity index (χ1v) is 5.80. The van der Waals surface area contributed by atoms with Crippen LogP contribution in [-0.4, -0.2) is 13.1 Å². The molecule has 1 nitrogen and oxygen atoms in total. The van der Waals surface area contributed by atoms with Crippen molar-refractivity contribution in [3.8, 4) is 0 Å². The molecule has 0 aromatic heterocycles. The van der Waals surface area contributed by atoms with Gasteiger partial charge in [-0.05, 0) is 44.3 Å². The summed E-state index contributed by atoms with van der Waals surface area (Å²) in [6.07, 6.45) is 7.19. The van der Waals surface area contributed by atoms with E-state index in [2.05, 4.69) is 48.7 Å². The molecule has 80 valence electrons. The van der Waals surface area contributed by atoms with Gasteiger partial charge in [0.2, 0.25) is 0 Å². The Morgan fingerprint density at radius 2 is 1.80 bits per heavy atom. The Balaban J connectivity index is 1.95. The number of nitrogens with one attached hydrogen (secondary N) is 1. The summed E-state index contributed by atoms with van der Waals surface area (Å²) in [6, 6.07) is 8.71. The fraction of sp³-hybridized carbons (Fsp3) is 0.429. The van der Waals surface area contributed by atoms with E-state index in [1.165, 1.54) is 37.1 Å². The first kappa shape index (κ1) is 10.4. The van der Waals surface area contributed by atoms with Gasteiger partial charge in [0.15, 0.2) is 0 Å². The van der Waals surface area contributed by atoms with Crippen molar-refractivity contribution in [2.75, 3.05) is 13.1 Å². The zero-order valence-corrected chi connectivity index (χ0v) is 9.37. The Bertz CT molecular complexity index is 318. The standard InChI is InChI=1S/C14H19N/c1-12-2-4-13(5-3-12)6-7-14-8-10-15-11-9-14/h2-7,14-15H,8-11H2,1H3. The fourth-order valence-electron chi connectivity index (χ4n) is 1.96. The quantitative estimate of drug-likeness (QED) is 0.775. The molecule has 0 bridgehead atoms. The predicted molar refractivity (Wildman–Crippen MR) is 65.8 cm³/mol. The van der Waals surface area contributed by atoms with Crippen LogP contribution in [0.2, 0.25) is 0 Å². The molecule has 1 heterocycles. The van der Waals surface area contributed by atoms with Crippen LogP contribution < -0.4 is 5.32 Å². The predicted octanol–water partition coefficient (Wildman–Crippen LogP) is 3.01. The maximum atomic E-state index is 3.39. The maximum Gasteiger partial charge on any atom is -0.00433 e. The molecule has 2 rings (SSSR count). The molecule has 1 aliphatic heterocycles. The SMILES string of the molecule is Cc1ccc(C=CC2CCNCC2)cc1. The van der Waals surface area contributed by atoms with Crippen LogP contribution in [0.3, 0.4) is 0 Å². The lowest BCUT2D eigenvalue weighted by atomic mass is 9.97. The number of hydrogen-bond donors (Lipinski definition) is 1. The van der Waals surface area contributed by atoms with E-state index in [0.717, 1.165) is 5.92 Å². The number of benzene rings is 1. The van der Waals surface area contributed by atoms with E-state index in [0.29, 0.717) is 0 Å². The number of piperidine rings is 1. The summed E-state index contributed by atoms with van der Waals surface area (Å²) < 4.78 is 0. The fourth-order valence-corrected chi connectivity index (χ4v) is 1.96. The van der Waals surface area contributed by atoms with Gasteiger partial charge in [0, 0.05) is 0 Å². The Labute approximate surface area is 92.2 Å². The van der Waals surface area contributed by atoms with Crippen molar-refractivity contribution < 1.29 is 0 Å². The monoisotopic (exact) mass is 201 g/mol. The Morgan fingerprint density at radius 3 is 2.47 bits per heavy atom. The average Bonchev–Trinajstić information content (AvgIpc) is 2.30. The zero-order chi connectivity index (χ0) is 10.5. The van der Waals surface area contributed by atoms with Crippen molar-refractivity contribution in [3.05, 3.63) is 41.5 Å². The van der Waals surface area contributed by atoms with Gasteiger partial charge in [0.1, 0.15) is 0 Å². The van der Waals surface area contributed by atoms with E-state index >= 15 is 0 Å². The van der Waals surface area contributed by atoms with Crippen molar-refractivity contribution in [1.82, 2.24) is 5.32 Å². The van der Waals surface area contributed by atoms with Gasteiger partial charge >= 0.3 is 0 Å². The summed E-state index contributed by atoms with van der Waals surface area (Å²) in [7, 11) is 0. The summed E-state index contributed by atoms with van der Waals surface area (Å²) in [5, 5.41) is 3.39. The summed E-state index contributed by atoms with van der Waals surface area (Å²) in [6.45, 7) is 4.46. The van der Waals surface area contributed by atoms with Crippen LogP contribution in [0.4, 0.5) is 0 Å². The van der Waals surface area contributed by atoms with E-state index in [4.69, 9.17) is 0 Å². The molecule has 15 heavy (non-hydrogen) atoms. The van der Waals surface area contributed by atoms with Gasteiger partial charge in [-0.3, -0.25) is 0 Å². The molecule has 0 spiro atoms. The Kier molecular flexibility index (Phi) is 3.57. The van der Waals surface area contributed by atoms with E-state index in [1.54, 1.807) is 0 Å².